The van der Waals surface area contributed by atoms with E-state index in [4.69, 9.17) is 0 Å². The van der Waals surface area contributed by atoms with Gasteiger partial charge in [-0.2, -0.15) is 0 Å². The maximum Gasteiger partial charge on any atom is 0.214 e. The summed E-state index contributed by atoms with van der Waals surface area (Å²) >= 11 is 0. The van der Waals surface area contributed by atoms with E-state index >= 15 is 0 Å². The third-order valence-corrected chi connectivity index (χ3v) is 3.68. The molecule has 1 rings (SSSR count). The first-order chi connectivity index (χ1) is 9.34. The minimum absolute atomic E-state index is 0.210. The zero-order valence-corrected chi connectivity index (χ0v) is 14.2. The van der Waals surface area contributed by atoms with Crippen LogP contribution in [0.1, 0.15) is 65.2 Å². The molecule has 21 heavy (non-hydrogen) atoms. The number of rotatable bonds is 3. The summed E-state index contributed by atoms with van der Waals surface area (Å²) in [5.41, 5.74) is 2.18. The molecule has 118 valence electrons. The number of nitro groups is 1. The average Bonchev–Trinajstić information content (AvgIpc) is 2.27. The fourth-order valence-corrected chi connectivity index (χ4v) is 2.37. The maximum atomic E-state index is 10.9. The summed E-state index contributed by atoms with van der Waals surface area (Å²) in [6.07, 6.45) is 0.374. The van der Waals surface area contributed by atoms with Crippen LogP contribution in [-0.4, -0.2) is 16.1 Å². The zero-order valence-electron chi connectivity index (χ0n) is 14.2. The molecule has 0 bridgehead atoms. The summed E-state index contributed by atoms with van der Waals surface area (Å²) in [6, 6.07) is 3.19. The second kappa shape index (κ2) is 5.66. The predicted molar refractivity (Wildman–Crippen MR) is 85.7 cm³/mol. The van der Waals surface area contributed by atoms with E-state index in [-0.39, 0.29) is 15.8 Å². The molecule has 0 aliphatic heterocycles. The molecule has 1 aromatic rings. The van der Waals surface area contributed by atoms with Crippen molar-refractivity contribution in [3.63, 3.8) is 0 Å². The summed E-state index contributed by atoms with van der Waals surface area (Å²) in [5.74, 6) is 0.313. The van der Waals surface area contributed by atoms with Gasteiger partial charge in [0.05, 0.1) is 0 Å². The van der Waals surface area contributed by atoms with Crippen LogP contribution in [0.25, 0.3) is 0 Å². The lowest BCUT2D eigenvalue weighted by atomic mass is 9.78. The summed E-state index contributed by atoms with van der Waals surface area (Å²) in [4.78, 5) is 10.6. The van der Waals surface area contributed by atoms with Crippen LogP contribution in [0.5, 0.6) is 5.75 Å². The normalized spacial score (nSPS) is 14.0. The molecule has 4 heteroatoms. The van der Waals surface area contributed by atoms with Crippen molar-refractivity contribution in [3.05, 3.63) is 38.9 Å². The van der Waals surface area contributed by atoms with Crippen molar-refractivity contribution in [1.29, 1.82) is 0 Å². The quantitative estimate of drug-likeness (QED) is 0.671. The SMILES string of the molecule is CC(Cc1cc(C(C)(C)C)c(O)c(C(C)(C)C)c1)[N+](=O)[O-]. The number of benzene rings is 1. The Morgan fingerprint density at radius 3 is 1.76 bits per heavy atom. The largest absolute Gasteiger partial charge is 0.507 e. The van der Waals surface area contributed by atoms with Gasteiger partial charge in [0.2, 0.25) is 6.04 Å². The molecule has 0 spiro atoms. The molecule has 0 aliphatic carbocycles. The molecule has 4 nitrogen and oxygen atoms in total. The second-order valence-corrected chi connectivity index (χ2v) is 7.88. The Bertz CT molecular complexity index is 501. The van der Waals surface area contributed by atoms with E-state index < -0.39 is 6.04 Å². The standard InChI is InChI=1S/C17H27NO3/c1-11(18(20)21)8-12-9-13(16(2,3)4)15(19)14(10-12)17(5,6)7/h9-11,19H,8H2,1-7H3. The molecule has 0 saturated carbocycles. The van der Waals surface area contributed by atoms with Crippen molar-refractivity contribution in [2.24, 2.45) is 0 Å². The minimum atomic E-state index is -0.629. The molecule has 1 unspecified atom stereocenters. The van der Waals surface area contributed by atoms with E-state index in [0.717, 1.165) is 16.7 Å². The molecule has 1 atom stereocenters. The molecule has 0 amide bonds. The van der Waals surface area contributed by atoms with Crippen LogP contribution in [0, 0.1) is 10.1 Å². The average molecular weight is 293 g/mol. The van der Waals surface area contributed by atoms with Crippen LogP contribution in [0.2, 0.25) is 0 Å². The Labute approximate surface area is 127 Å². The number of aromatic hydroxyl groups is 1. The Kier molecular flexibility index (Phi) is 4.71. The number of hydrogen-bond donors (Lipinski definition) is 1. The second-order valence-electron chi connectivity index (χ2n) is 7.88. The minimum Gasteiger partial charge on any atom is -0.507 e. The fourth-order valence-electron chi connectivity index (χ4n) is 2.37. The van der Waals surface area contributed by atoms with Crippen LogP contribution in [0.15, 0.2) is 12.1 Å². The molecule has 0 fully saturated rings. The van der Waals surface area contributed by atoms with Gasteiger partial charge in [-0.1, -0.05) is 53.7 Å². The Balaban J connectivity index is 3.44. The molecular weight excluding hydrogens is 266 g/mol. The number of phenols is 1. The van der Waals surface area contributed by atoms with Gasteiger partial charge < -0.3 is 5.11 Å². The van der Waals surface area contributed by atoms with Crippen LogP contribution < -0.4 is 0 Å². The lowest BCUT2D eigenvalue weighted by Gasteiger charge is -2.28. The van der Waals surface area contributed by atoms with Gasteiger partial charge in [-0.3, -0.25) is 10.1 Å². The van der Waals surface area contributed by atoms with Gasteiger partial charge in [0.25, 0.3) is 0 Å². The highest BCUT2D eigenvalue weighted by atomic mass is 16.6. The van der Waals surface area contributed by atoms with E-state index in [1.807, 2.05) is 53.7 Å². The van der Waals surface area contributed by atoms with E-state index in [1.54, 1.807) is 6.92 Å². The zero-order chi connectivity index (χ0) is 16.6. The molecular formula is C17H27NO3. The highest BCUT2D eigenvalue weighted by Crippen LogP contribution is 2.39. The van der Waals surface area contributed by atoms with E-state index in [9.17, 15) is 15.2 Å². The van der Waals surface area contributed by atoms with Crippen molar-refractivity contribution in [2.75, 3.05) is 0 Å². The summed E-state index contributed by atoms with van der Waals surface area (Å²) in [6.45, 7) is 13.8. The third kappa shape index (κ3) is 4.19. The Morgan fingerprint density at radius 1 is 1.10 bits per heavy atom. The number of hydrogen-bond acceptors (Lipinski definition) is 3. The smallest absolute Gasteiger partial charge is 0.214 e. The van der Waals surface area contributed by atoms with Crippen LogP contribution >= 0.6 is 0 Å². The highest BCUT2D eigenvalue weighted by Gasteiger charge is 2.27. The first-order valence-corrected chi connectivity index (χ1v) is 7.34. The maximum absolute atomic E-state index is 10.9. The van der Waals surface area contributed by atoms with Gasteiger partial charge in [0.1, 0.15) is 5.75 Å². The van der Waals surface area contributed by atoms with Crippen LogP contribution in [0.3, 0.4) is 0 Å². The molecule has 0 saturated heterocycles. The van der Waals surface area contributed by atoms with E-state index in [0.29, 0.717) is 12.2 Å². The first-order valence-electron chi connectivity index (χ1n) is 7.34. The summed E-state index contributed by atoms with van der Waals surface area (Å²) < 4.78 is 0. The predicted octanol–water partition coefficient (Wildman–Crippen LogP) is 4.19. The number of phenolic OH excluding ortho intramolecular Hbond substituents is 1. The van der Waals surface area contributed by atoms with Gasteiger partial charge in [-0.25, -0.2) is 0 Å². The van der Waals surface area contributed by atoms with Crippen LogP contribution in [-0.2, 0) is 17.3 Å². The summed E-state index contributed by atoms with van der Waals surface area (Å²) in [7, 11) is 0. The molecule has 0 aliphatic rings. The monoisotopic (exact) mass is 293 g/mol. The van der Waals surface area contributed by atoms with Crippen molar-refractivity contribution < 1.29 is 10.0 Å². The number of nitrogens with zero attached hydrogens (tertiary/aromatic N) is 1. The Hall–Kier alpha value is -1.58. The lowest BCUT2D eigenvalue weighted by molar-refractivity contribution is -0.517. The topological polar surface area (TPSA) is 63.4 Å². The molecule has 1 aromatic carbocycles. The van der Waals surface area contributed by atoms with Gasteiger partial charge in [0.15, 0.2) is 0 Å². The van der Waals surface area contributed by atoms with Crippen LogP contribution in [0.4, 0.5) is 0 Å². The van der Waals surface area contributed by atoms with Crippen molar-refractivity contribution in [1.82, 2.24) is 0 Å². The van der Waals surface area contributed by atoms with E-state index in [2.05, 4.69) is 0 Å². The molecule has 0 heterocycles. The molecule has 1 N–H and O–H groups in total. The lowest BCUT2D eigenvalue weighted by Crippen LogP contribution is -2.21. The third-order valence-electron chi connectivity index (χ3n) is 3.68. The van der Waals surface area contributed by atoms with E-state index in [1.165, 1.54) is 0 Å². The van der Waals surface area contributed by atoms with Gasteiger partial charge in [-0.05, 0) is 27.5 Å². The highest BCUT2D eigenvalue weighted by molar-refractivity contribution is 5.50. The summed E-state index contributed by atoms with van der Waals surface area (Å²) in [5, 5.41) is 21.5. The van der Waals surface area contributed by atoms with Crippen molar-refractivity contribution >= 4 is 0 Å². The van der Waals surface area contributed by atoms with Gasteiger partial charge in [0, 0.05) is 18.3 Å². The first kappa shape index (κ1) is 17.5. The fraction of sp³-hybridized carbons (Fsp3) is 0.647. The molecule has 0 aromatic heterocycles. The molecule has 0 radical (unpaired) electrons. The van der Waals surface area contributed by atoms with Crippen molar-refractivity contribution in [3.8, 4) is 5.75 Å². The van der Waals surface area contributed by atoms with Gasteiger partial charge in [-0.15, -0.1) is 0 Å². The van der Waals surface area contributed by atoms with Crippen molar-refractivity contribution in [2.45, 2.75) is 71.8 Å². The Morgan fingerprint density at radius 2 is 1.48 bits per heavy atom. The van der Waals surface area contributed by atoms with Gasteiger partial charge >= 0.3 is 0 Å².